The summed E-state index contributed by atoms with van der Waals surface area (Å²) in [6, 6.07) is 20.3. The van der Waals surface area contributed by atoms with Crippen LogP contribution in [0.5, 0.6) is 0 Å². The van der Waals surface area contributed by atoms with Gasteiger partial charge in [0.1, 0.15) is 0 Å². The smallest absolute Gasteiger partial charge is 0.305 e. The fourth-order valence-electron chi connectivity index (χ4n) is 5.28. The van der Waals surface area contributed by atoms with Crippen LogP contribution in [-0.2, 0) is 58.6 Å². The van der Waals surface area contributed by atoms with Gasteiger partial charge in [0.2, 0.25) is 0 Å². The van der Waals surface area contributed by atoms with E-state index in [0.29, 0.717) is 77.2 Å². The number of carboxylic acids is 1. The van der Waals surface area contributed by atoms with E-state index < -0.39 is 54.8 Å². The average Bonchev–Trinajstić information content (AvgIpc) is 3.17. The van der Waals surface area contributed by atoms with Crippen LogP contribution < -0.4 is 5.32 Å². The Kier molecular flexibility index (Phi) is 21.6. The number of benzene rings is 3. The molecule has 17 heteroatoms. The van der Waals surface area contributed by atoms with E-state index in [1.165, 1.54) is 36.4 Å². The highest BCUT2D eigenvalue weighted by Gasteiger charge is 2.32. The third kappa shape index (κ3) is 19.8. The van der Waals surface area contributed by atoms with E-state index in [2.05, 4.69) is 5.32 Å². The number of carbonyl (C=O) groups is 3. The zero-order valence-electron chi connectivity index (χ0n) is 32.2. The lowest BCUT2D eigenvalue weighted by molar-refractivity contribution is -0.138. The number of amides is 1. The van der Waals surface area contributed by atoms with Crippen molar-refractivity contribution in [1.29, 1.82) is 0 Å². The van der Waals surface area contributed by atoms with Crippen molar-refractivity contribution in [3.05, 3.63) is 101 Å². The molecule has 0 heterocycles. The number of rotatable bonds is 31. The van der Waals surface area contributed by atoms with Gasteiger partial charge in [-0.15, -0.1) is 0 Å². The highest BCUT2D eigenvalue weighted by atomic mass is 32.2. The molecule has 3 aromatic rings. The van der Waals surface area contributed by atoms with Gasteiger partial charge in [-0.3, -0.25) is 14.4 Å². The number of ether oxygens (including phenoxy) is 6. The highest BCUT2D eigenvalue weighted by Crippen LogP contribution is 2.22. The van der Waals surface area contributed by atoms with E-state index in [4.69, 9.17) is 33.5 Å². The summed E-state index contributed by atoms with van der Waals surface area (Å²) in [6.45, 7) is 6.03. The van der Waals surface area contributed by atoms with Gasteiger partial charge in [0.15, 0.2) is 25.5 Å². The van der Waals surface area contributed by atoms with Gasteiger partial charge in [0, 0.05) is 17.7 Å². The molecule has 15 nitrogen and oxygen atoms in total. The molecule has 2 N–H and O–H groups in total. The predicted octanol–water partition coefficient (Wildman–Crippen LogP) is 3.19. The molecule has 0 aliphatic heterocycles. The molecule has 0 radical (unpaired) electrons. The van der Waals surface area contributed by atoms with Crippen LogP contribution in [0.25, 0.3) is 0 Å². The van der Waals surface area contributed by atoms with E-state index in [9.17, 15) is 31.2 Å². The summed E-state index contributed by atoms with van der Waals surface area (Å²) in [4.78, 5) is 36.8. The van der Waals surface area contributed by atoms with Gasteiger partial charge >= 0.3 is 5.97 Å². The number of hydrogen-bond donors (Lipinski definition) is 2. The second-order valence-corrected chi connectivity index (χ2v) is 17.0. The Balaban J connectivity index is 1.33. The van der Waals surface area contributed by atoms with Crippen molar-refractivity contribution in [3.63, 3.8) is 0 Å². The summed E-state index contributed by atoms with van der Waals surface area (Å²) in [5, 5.41) is 11.2. The molecule has 1 atom stereocenters. The van der Waals surface area contributed by atoms with E-state index in [0.717, 1.165) is 0 Å². The summed E-state index contributed by atoms with van der Waals surface area (Å²) >= 11 is 0. The Hall–Kier alpha value is -4.07. The number of sulfone groups is 2. The topological polar surface area (TPSA) is 207 Å². The molecule has 1 unspecified atom stereocenters. The van der Waals surface area contributed by atoms with Crippen molar-refractivity contribution < 1.29 is 64.7 Å². The van der Waals surface area contributed by atoms with Crippen LogP contribution in [0.4, 0.5) is 0 Å². The van der Waals surface area contributed by atoms with Crippen molar-refractivity contribution in [1.82, 2.24) is 5.32 Å². The summed E-state index contributed by atoms with van der Waals surface area (Å²) in [6.07, 6.45) is -0.0347. The van der Waals surface area contributed by atoms with Gasteiger partial charge in [-0.05, 0) is 42.3 Å². The highest BCUT2D eigenvalue weighted by molar-refractivity contribution is 7.92. The molecular weight excluding hydrogens is 783 g/mol. The third-order valence-corrected chi connectivity index (χ3v) is 11.6. The van der Waals surface area contributed by atoms with Crippen LogP contribution >= 0.6 is 0 Å². The van der Waals surface area contributed by atoms with Gasteiger partial charge in [0.05, 0.1) is 114 Å². The molecule has 0 spiro atoms. The quantitative estimate of drug-likeness (QED) is 0.0706. The van der Waals surface area contributed by atoms with Crippen LogP contribution in [0.1, 0.15) is 38.3 Å². The van der Waals surface area contributed by atoms with Crippen LogP contribution in [-0.4, -0.2) is 137 Å². The van der Waals surface area contributed by atoms with Crippen molar-refractivity contribution in [2.24, 2.45) is 5.92 Å². The average molecular weight is 836 g/mol. The minimum absolute atomic E-state index is 0.00447. The summed E-state index contributed by atoms with van der Waals surface area (Å²) in [7, 11) is -7.93. The lowest BCUT2D eigenvalue weighted by atomic mass is 9.99. The second kappa shape index (κ2) is 26.0. The number of aryl methyl sites for hydroxylation is 1. The van der Waals surface area contributed by atoms with Crippen LogP contribution in [0.2, 0.25) is 0 Å². The Labute approximate surface area is 334 Å². The number of aliphatic carboxylic acids is 1. The molecule has 1 amide bonds. The Morgan fingerprint density at radius 3 is 1.65 bits per heavy atom. The van der Waals surface area contributed by atoms with E-state index >= 15 is 0 Å². The van der Waals surface area contributed by atoms with Crippen LogP contribution in [0.3, 0.4) is 0 Å². The molecule has 3 aromatic carbocycles. The molecule has 0 bridgehead atoms. The summed E-state index contributed by atoms with van der Waals surface area (Å²) < 4.78 is 85.5. The first-order valence-electron chi connectivity index (χ1n) is 18.5. The number of carboxylic acid groups (broad SMARTS) is 1. The zero-order chi connectivity index (χ0) is 41.4. The second-order valence-electron chi connectivity index (χ2n) is 12.9. The SMILES string of the molecule is Cc1cccc(S(=O)(=O)CC(CS(=O)(=O)Cc2ccccc2)C(=O)c2ccc(C(=O)NCCOCCOCCOCCOCCOCCOCCC(=O)O)cc2)c1. The van der Waals surface area contributed by atoms with Crippen molar-refractivity contribution in [3.8, 4) is 0 Å². The summed E-state index contributed by atoms with van der Waals surface area (Å²) in [5.41, 5.74) is 1.58. The molecule has 57 heavy (non-hydrogen) atoms. The van der Waals surface area contributed by atoms with E-state index in [-0.39, 0.29) is 48.0 Å². The lowest BCUT2D eigenvalue weighted by Crippen LogP contribution is -2.31. The normalized spacial score (nSPS) is 12.3. The molecular formula is C40H53NO14S2. The Morgan fingerprint density at radius 1 is 0.614 bits per heavy atom. The van der Waals surface area contributed by atoms with Crippen LogP contribution in [0.15, 0.2) is 83.8 Å². The fourth-order valence-corrected chi connectivity index (χ4v) is 8.78. The van der Waals surface area contributed by atoms with Gasteiger partial charge in [-0.25, -0.2) is 16.8 Å². The van der Waals surface area contributed by atoms with E-state index in [1.54, 1.807) is 49.4 Å². The van der Waals surface area contributed by atoms with Crippen molar-refractivity contribution in [2.45, 2.75) is 24.0 Å². The molecule has 0 fully saturated rings. The first-order valence-corrected chi connectivity index (χ1v) is 22.0. The maximum absolute atomic E-state index is 13.7. The Bertz CT molecular complexity index is 1870. The zero-order valence-corrected chi connectivity index (χ0v) is 33.8. The van der Waals surface area contributed by atoms with E-state index in [1.807, 2.05) is 0 Å². The number of carbonyl (C=O) groups excluding carboxylic acids is 2. The van der Waals surface area contributed by atoms with Crippen LogP contribution in [0, 0.1) is 12.8 Å². The van der Waals surface area contributed by atoms with Crippen molar-refractivity contribution in [2.75, 3.05) is 97.3 Å². The molecule has 314 valence electrons. The lowest BCUT2D eigenvalue weighted by Gasteiger charge is -2.17. The van der Waals surface area contributed by atoms with Gasteiger partial charge in [-0.2, -0.15) is 0 Å². The minimum Gasteiger partial charge on any atom is -0.481 e. The molecule has 0 aliphatic rings. The first kappa shape index (κ1) is 47.3. The molecule has 3 rings (SSSR count). The van der Waals surface area contributed by atoms with Gasteiger partial charge in [0.25, 0.3) is 5.91 Å². The largest absolute Gasteiger partial charge is 0.481 e. The number of ketones is 1. The maximum atomic E-state index is 13.7. The van der Waals surface area contributed by atoms with Gasteiger partial charge in [-0.1, -0.05) is 54.6 Å². The third-order valence-electron chi connectivity index (χ3n) is 8.11. The summed E-state index contributed by atoms with van der Waals surface area (Å²) in [5.74, 6) is -5.06. The standard InChI is InChI=1S/C40H53NO14S2/c1-32-6-5-9-37(28-32)57(48,49)31-36(30-56(46,47)29-33-7-3-2-4-8-33)39(44)34-10-12-35(13-11-34)40(45)41-15-17-51-19-21-53-23-25-55-27-26-54-24-22-52-20-18-50-16-14-38(42)43/h2-13,28,36H,14-27,29-31H2,1H3,(H,41,45)(H,42,43). The molecule has 0 saturated carbocycles. The molecule has 0 aliphatic carbocycles. The molecule has 0 saturated heterocycles. The monoisotopic (exact) mass is 835 g/mol. The predicted molar refractivity (Wildman–Crippen MR) is 211 cm³/mol. The number of Topliss-reactive ketones (excluding diaryl/α,β-unsaturated/α-hetero) is 1. The van der Waals surface area contributed by atoms with Gasteiger partial charge < -0.3 is 38.8 Å². The number of hydrogen-bond acceptors (Lipinski definition) is 13. The molecule has 0 aromatic heterocycles. The Morgan fingerprint density at radius 2 is 1.12 bits per heavy atom. The maximum Gasteiger partial charge on any atom is 0.305 e. The number of nitrogens with one attached hydrogen (secondary N) is 1. The fraction of sp³-hybridized carbons (Fsp3) is 0.475. The first-order chi connectivity index (χ1) is 27.4. The van der Waals surface area contributed by atoms with Crippen molar-refractivity contribution >= 4 is 37.3 Å². The minimum atomic E-state index is -4.03.